The maximum atomic E-state index is 14.1. The van der Waals surface area contributed by atoms with Gasteiger partial charge in [-0.05, 0) is 25.0 Å². The molecule has 1 aliphatic rings. The monoisotopic (exact) mass is 397 g/mol. The van der Waals surface area contributed by atoms with E-state index < -0.39 is 23.8 Å². The molecular formula is C18H15F4N3O3. The Morgan fingerprint density at radius 1 is 1.21 bits per heavy atom. The highest BCUT2D eigenvalue weighted by Crippen LogP contribution is 2.30. The van der Waals surface area contributed by atoms with Gasteiger partial charge in [-0.1, -0.05) is 12.1 Å². The Labute approximate surface area is 156 Å². The molecule has 6 nitrogen and oxygen atoms in total. The lowest BCUT2D eigenvalue weighted by Gasteiger charge is -2.12. The van der Waals surface area contributed by atoms with Crippen LogP contribution >= 0.6 is 0 Å². The highest BCUT2D eigenvalue weighted by atomic mass is 19.4. The van der Waals surface area contributed by atoms with Gasteiger partial charge in [-0.3, -0.25) is 9.59 Å². The van der Waals surface area contributed by atoms with Crippen LogP contribution in [0.15, 0.2) is 30.5 Å². The standard InChI is InChI=1S/C18H15F4N3O3/c19-16-11(2-1-3-14(16)28-18(20,21)22)9-24-17(27)12-6-7-23-15(25-12)8-13(26)10-4-5-10/h1-3,6-7,10H,4-5,8-9H2,(H,24,27). The fourth-order valence-electron chi connectivity index (χ4n) is 2.48. The predicted molar refractivity (Wildman–Crippen MR) is 87.7 cm³/mol. The average molecular weight is 397 g/mol. The van der Waals surface area contributed by atoms with E-state index in [0.29, 0.717) is 0 Å². The fourth-order valence-corrected chi connectivity index (χ4v) is 2.48. The number of carbonyl (C=O) groups is 2. The molecule has 1 aromatic carbocycles. The third kappa shape index (κ3) is 5.24. The van der Waals surface area contributed by atoms with Crippen LogP contribution in [0.3, 0.4) is 0 Å². The van der Waals surface area contributed by atoms with E-state index in [0.717, 1.165) is 18.9 Å². The largest absolute Gasteiger partial charge is 0.573 e. The Morgan fingerprint density at radius 2 is 1.96 bits per heavy atom. The number of hydrogen-bond acceptors (Lipinski definition) is 5. The number of alkyl halides is 3. The summed E-state index contributed by atoms with van der Waals surface area (Å²) in [5.41, 5.74) is -0.218. The molecule has 0 bridgehead atoms. The molecule has 0 unspecified atom stereocenters. The molecule has 1 fully saturated rings. The second-order valence-corrected chi connectivity index (χ2v) is 6.24. The lowest BCUT2D eigenvalue weighted by atomic mass is 10.2. The third-order valence-electron chi connectivity index (χ3n) is 4.01. The van der Waals surface area contributed by atoms with E-state index in [1.165, 1.54) is 24.4 Å². The van der Waals surface area contributed by atoms with Gasteiger partial charge in [0.1, 0.15) is 17.3 Å². The van der Waals surface area contributed by atoms with E-state index in [-0.39, 0.29) is 41.7 Å². The summed E-state index contributed by atoms with van der Waals surface area (Å²) in [5, 5.41) is 2.37. The van der Waals surface area contributed by atoms with Crippen molar-refractivity contribution in [3.63, 3.8) is 0 Å². The number of Topliss-reactive ketones (excluding diaryl/α,β-unsaturated/α-hetero) is 1. The van der Waals surface area contributed by atoms with E-state index in [2.05, 4.69) is 20.0 Å². The highest BCUT2D eigenvalue weighted by Gasteiger charge is 2.33. The predicted octanol–water partition coefficient (Wildman–Crippen LogP) is 2.97. The molecule has 0 spiro atoms. The molecule has 3 rings (SSSR count). The van der Waals surface area contributed by atoms with Crippen molar-refractivity contribution in [2.45, 2.75) is 32.2 Å². The summed E-state index contributed by atoms with van der Waals surface area (Å²) in [6, 6.07) is 4.55. The summed E-state index contributed by atoms with van der Waals surface area (Å²) in [7, 11) is 0. The van der Waals surface area contributed by atoms with E-state index in [9.17, 15) is 27.2 Å². The van der Waals surface area contributed by atoms with E-state index in [4.69, 9.17) is 0 Å². The second-order valence-electron chi connectivity index (χ2n) is 6.24. The van der Waals surface area contributed by atoms with Crippen LogP contribution in [0, 0.1) is 11.7 Å². The van der Waals surface area contributed by atoms with Gasteiger partial charge in [0.2, 0.25) is 0 Å². The molecule has 1 heterocycles. The number of hydrogen-bond donors (Lipinski definition) is 1. The van der Waals surface area contributed by atoms with Crippen molar-refractivity contribution < 1.29 is 31.9 Å². The summed E-state index contributed by atoms with van der Waals surface area (Å²) in [6.07, 6.45) is -1.98. The smallest absolute Gasteiger partial charge is 0.403 e. The van der Waals surface area contributed by atoms with Gasteiger partial charge in [0.05, 0.1) is 6.42 Å². The zero-order chi connectivity index (χ0) is 20.3. The van der Waals surface area contributed by atoms with Crippen molar-refractivity contribution >= 4 is 11.7 Å². The van der Waals surface area contributed by atoms with Gasteiger partial charge in [-0.2, -0.15) is 0 Å². The number of ketones is 1. The first-order valence-electron chi connectivity index (χ1n) is 8.39. The summed E-state index contributed by atoms with van der Waals surface area (Å²) in [4.78, 5) is 32.0. The molecule has 1 amide bonds. The summed E-state index contributed by atoms with van der Waals surface area (Å²) in [6.45, 7) is -0.375. The zero-order valence-electron chi connectivity index (χ0n) is 14.4. The van der Waals surface area contributed by atoms with Crippen molar-refractivity contribution in [3.8, 4) is 5.75 Å². The summed E-state index contributed by atoms with van der Waals surface area (Å²) >= 11 is 0. The van der Waals surface area contributed by atoms with Crippen LogP contribution in [0.4, 0.5) is 17.6 Å². The Kier molecular flexibility index (Phi) is 5.57. The minimum Gasteiger partial charge on any atom is -0.403 e. The zero-order valence-corrected chi connectivity index (χ0v) is 14.4. The SMILES string of the molecule is O=C(NCc1cccc(OC(F)(F)F)c1F)c1ccnc(CC(=O)C2CC2)n1. The lowest BCUT2D eigenvalue weighted by Crippen LogP contribution is -2.25. The van der Waals surface area contributed by atoms with Gasteiger partial charge in [0, 0.05) is 24.2 Å². The van der Waals surface area contributed by atoms with Crippen LogP contribution < -0.4 is 10.1 Å². The molecule has 1 N–H and O–H groups in total. The first-order chi connectivity index (χ1) is 13.2. The fraction of sp³-hybridized carbons (Fsp3) is 0.333. The molecule has 1 saturated carbocycles. The number of aromatic nitrogens is 2. The number of amides is 1. The van der Waals surface area contributed by atoms with Gasteiger partial charge < -0.3 is 10.1 Å². The Hall–Kier alpha value is -3.04. The topological polar surface area (TPSA) is 81.2 Å². The average Bonchev–Trinajstić information content (AvgIpc) is 3.46. The number of benzene rings is 1. The lowest BCUT2D eigenvalue weighted by molar-refractivity contribution is -0.275. The second kappa shape index (κ2) is 7.91. The Morgan fingerprint density at radius 3 is 2.64 bits per heavy atom. The number of nitrogens with one attached hydrogen (secondary N) is 1. The van der Waals surface area contributed by atoms with Crippen LogP contribution in [0.25, 0.3) is 0 Å². The summed E-state index contributed by atoms with van der Waals surface area (Å²) < 4.78 is 54.5. The van der Waals surface area contributed by atoms with Gasteiger partial charge in [-0.15, -0.1) is 13.2 Å². The molecule has 0 atom stereocenters. The molecule has 28 heavy (non-hydrogen) atoms. The Bertz CT molecular complexity index is 898. The Balaban J connectivity index is 1.64. The molecule has 0 saturated heterocycles. The summed E-state index contributed by atoms with van der Waals surface area (Å²) in [5.74, 6) is -2.63. The molecule has 1 aromatic heterocycles. The van der Waals surface area contributed by atoms with Crippen LogP contribution in [0.5, 0.6) is 5.75 Å². The van der Waals surface area contributed by atoms with E-state index >= 15 is 0 Å². The number of ether oxygens (including phenoxy) is 1. The number of halogens is 4. The molecule has 1 aliphatic carbocycles. The highest BCUT2D eigenvalue weighted by molar-refractivity contribution is 5.92. The van der Waals surface area contributed by atoms with Gasteiger partial charge in [-0.25, -0.2) is 14.4 Å². The van der Waals surface area contributed by atoms with Crippen molar-refractivity contribution in [2.24, 2.45) is 5.92 Å². The quantitative estimate of drug-likeness (QED) is 0.727. The van der Waals surface area contributed by atoms with Crippen molar-refractivity contribution in [1.29, 1.82) is 0 Å². The van der Waals surface area contributed by atoms with Gasteiger partial charge >= 0.3 is 6.36 Å². The molecule has 0 radical (unpaired) electrons. The van der Waals surface area contributed by atoms with Crippen LogP contribution in [0.2, 0.25) is 0 Å². The first-order valence-corrected chi connectivity index (χ1v) is 8.39. The van der Waals surface area contributed by atoms with E-state index in [1.54, 1.807) is 0 Å². The normalized spacial score (nSPS) is 13.9. The number of rotatable bonds is 7. The van der Waals surface area contributed by atoms with Crippen molar-refractivity contribution in [2.75, 3.05) is 0 Å². The number of nitrogens with zero attached hydrogens (tertiary/aromatic N) is 2. The minimum absolute atomic E-state index is 0.0149. The van der Waals surface area contributed by atoms with Crippen LogP contribution in [-0.2, 0) is 17.8 Å². The number of carbonyl (C=O) groups excluding carboxylic acids is 2. The third-order valence-corrected chi connectivity index (χ3v) is 4.01. The van der Waals surface area contributed by atoms with Crippen molar-refractivity contribution in [1.82, 2.24) is 15.3 Å². The minimum atomic E-state index is -5.03. The molecule has 148 valence electrons. The van der Waals surface area contributed by atoms with Gasteiger partial charge in [0.15, 0.2) is 11.6 Å². The first kappa shape index (κ1) is 19.7. The molecule has 0 aliphatic heterocycles. The molecule has 10 heteroatoms. The maximum Gasteiger partial charge on any atom is 0.573 e. The molecular weight excluding hydrogens is 382 g/mol. The maximum absolute atomic E-state index is 14.1. The van der Waals surface area contributed by atoms with Gasteiger partial charge in [0.25, 0.3) is 5.91 Å². The molecule has 2 aromatic rings. The van der Waals surface area contributed by atoms with Crippen molar-refractivity contribution in [3.05, 3.63) is 53.4 Å². The van der Waals surface area contributed by atoms with Crippen LogP contribution in [0.1, 0.15) is 34.7 Å². The van der Waals surface area contributed by atoms with E-state index in [1.807, 2.05) is 0 Å². The van der Waals surface area contributed by atoms with Crippen LogP contribution in [-0.4, -0.2) is 28.0 Å².